The smallest absolute Gasteiger partial charge is 0.0349 e. The van der Waals surface area contributed by atoms with Gasteiger partial charge in [-0.05, 0) is 41.9 Å². The zero-order valence-electron chi connectivity index (χ0n) is 9.14. The molecule has 1 aromatic carbocycles. The third-order valence-electron chi connectivity index (χ3n) is 3.42. The van der Waals surface area contributed by atoms with Crippen LogP contribution in [0.15, 0.2) is 18.2 Å². The normalized spacial score (nSPS) is 19.9. The van der Waals surface area contributed by atoms with Crippen molar-refractivity contribution >= 4 is 5.69 Å². The summed E-state index contributed by atoms with van der Waals surface area (Å²) < 4.78 is 0. The minimum Gasteiger partial charge on any atom is -0.398 e. The van der Waals surface area contributed by atoms with Gasteiger partial charge in [0.15, 0.2) is 0 Å². The van der Waals surface area contributed by atoms with E-state index in [1.54, 1.807) is 0 Å². The van der Waals surface area contributed by atoms with Crippen molar-refractivity contribution in [2.75, 3.05) is 5.73 Å². The van der Waals surface area contributed by atoms with E-state index in [1.807, 2.05) is 6.07 Å². The van der Waals surface area contributed by atoms with Gasteiger partial charge in [-0.1, -0.05) is 32.4 Å². The van der Waals surface area contributed by atoms with Crippen LogP contribution in [0, 0.1) is 0 Å². The predicted octanol–water partition coefficient (Wildman–Crippen LogP) is 3.27. The summed E-state index contributed by atoms with van der Waals surface area (Å²) in [7, 11) is 0. The highest BCUT2D eigenvalue weighted by atomic mass is 14.6. The Morgan fingerprint density at radius 1 is 1.21 bits per heavy atom. The summed E-state index contributed by atoms with van der Waals surface area (Å²) in [6.07, 6.45) is 5.04. The lowest BCUT2D eigenvalue weighted by atomic mass is 9.79. The fraction of sp³-hybridized carbons (Fsp3) is 0.538. The molecule has 0 aliphatic heterocycles. The third kappa shape index (κ3) is 1.52. The van der Waals surface area contributed by atoms with Crippen LogP contribution in [0.3, 0.4) is 0 Å². The standard InChI is InChI=1S/C13H19N/c1-13(2)9-4-3-6-10-11(13)7-5-8-12(10)14/h5,7-8H,3-4,6,9,14H2,1-2H3. The Morgan fingerprint density at radius 2 is 2.00 bits per heavy atom. The molecule has 14 heavy (non-hydrogen) atoms. The lowest BCUT2D eigenvalue weighted by molar-refractivity contribution is 0.468. The summed E-state index contributed by atoms with van der Waals surface area (Å²) in [6.45, 7) is 4.66. The van der Waals surface area contributed by atoms with Crippen molar-refractivity contribution in [3.8, 4) is 0 Å². The van der Waals surface area contributed by atoms with E-state index in [-0.39, 0.29) is 0 Å². The molecule has 1 heteroatoms. The van der Waals surface area contributed by atoms with E-state index in [9.17, 15) is 0 Å². The van der Waals surface area contributed by atoms with E-state index in [1.165, 1.54) is 30.4 Å². The average Bonchev–Trinajstić information content (AvgIpc) is 2.27. The molecular formula is C13H19N. The van der Waals surface area contributed by atoms with Crippen molar-refractivity contribution in [1.29, 1.82) is 0 Å². The van der Waals surface area contributed by atoms with E-state index in [0.717, 1.165) is 12.1 Å². The molecule has 0 atom stereocenters. The fourth-order valence-electron chi connectivity index (χ4n) is 2.52. The molecule has 1 aliphatic carbocycles. The molecule has 0 radical (unpaired) electrons. The molecule has 0 heterocycles. The summed E-state index contributed by atoms with van der Waals surface area (Å²) in [5.41, 5.74) is 10.2. The van der Waals surface area contributed by atoms with Gasteiger partial charge in [-0.3, -0.25) is 0 Å². The average molecular weight is 189 g/mol. The number of hydrogen-bond donors (Lipinski definition) is 1. The number of nitrogen functional groups attached to an aromatic ring is 1. The van der Waals surface area contributed by atoms with E-state index < -0.39 is 0 Å². The molecule has 1 nitrogen and oxygen atoms in total. The van der Waals surface area contributed by atoms with Crippen LogP contribution in [-0.4, -0.2) is 0 Å². The Kier molecular flexibility index (Phi) is 2.26. The largest absolute Gasteiger partial charge is 0.398 e. The van der Waals surface area contributed by atoms with Gasteiger partial charge in [-0.25, -0.2) is 0 Å². The molecular weight excluding hydrogens is 170 g/mol. The fourth-order valence-corrected chi connectivity index (χ4v) is 2.52. The maximum atomic E-state index is 6.03. The summed E-state index contributed by atoms with van der Waals surface area (Å²) in [4.78, 5) is 0. The molecule has 0 fully saturated rings. The Hall–Kier alpha value is -0.980. The van der Waals surface area contributed by atoms with Gasteiger partial charge in [0.1, 0.15) is 0 Å². The van der Waals surface area contributed by atoms with Crippen LogP contribution in [-0.2, 0) is 11.8 Å². The van der Waals surface area contributed by atoms with Crippen molar-refractivity contribution in [3.63, 3.8) is 0 Å². The van der Waals surface area contributed by atoms with Crippen LogP contribution in [0.5, 0.6) is 0 Å². The van der Waals surface area contributed by atoms with Crippen molar-refractivity contribution in [2.45, 2.75) is 44.9 Å². The SMILES string of the molecule is CC1(C)CCCCc2c(N)cccc21. The number of benzene rings is 1. The molecule has 2 N–H and O–H groups in total. The highest BCUT2D eigenvalue weighted by molar-refractivity contribution is 5.53. The first-order valence-electron chi connectivity index (χ1n) is 5.49. The maximum absolute atomic E-state index is 6.03. The van der Waals surface area contributed by atoms with Crippen molar-refractivity contribution in [3.05, 3.63) is 29.3 Å². The molecule has 0 amide bonds. The van der Waals surface area contributed by atoms with Crippen LogP contribution in [0.25, 0.3) is 0 Å². The Balaban J connectivity index is 2.56. The van der Waals surface area contributed by atoms with Crippen LogP contribution in [0.4, 0.5) is 5.69 Å². The number of anilines is 1. The molecule has 0 spiro atoms. The van der Waals surface area contributed by atoms with E-state index in [4.69, 9.17) is 5.73 Å². The second-order valence-corrected chi connectivity index (χ2v) is 4.96. The molecule has 0 saturated carbocycles. The van der Waals surface area contributed by atoms with Crippen molar-refractivity contribution in [1.82, 2.24) is 0 Å². The van der Waals surface area contributed by atoms with Gasteiger partial charge in [0.05, 0.1) is 0 Å². The Labute approximate surface area is 86.3 Å². The first-order valence-corrected chi connectivity index (χ1v) is 5.49. The summed E-state index contributed by atoms with van der Waals surface area (Å²) in [5, 5.41) is 0. The summed E-state index contributed by atoms with van der Waals surface area (Å²) in [6, 6.07) is 6.36. The second kappa shape index (κ2) is 3.30. The number of nitrogens with two attached hydrogens (primary N) is 1. The molecule has 1 aromatic rings. The lowest BCUT2D eigenvalue weighted by Crippen LogP contribution is -2.17. The highest BCUT2D eigenvalue weighted by Crippen LogP contribution is 2.37. The van der Waals surface area contributed by atoms with Crippen LogP contribution in [0.2, 0.25) is 0 Å². The summed E-state index contributed by atoms with van der Waals surface area (Å²) in [5.74, 6) is 0. The monoisotopic (exact) mass is 189 g/mol. The first kappa shape index (κ1) is 9.57. The number of hydrogen-bond acceptors (Lipinski definition) is 1. The van der Waals surface area contributed by atoms with Crippen LogP contribution in [0.1, 0.15) is 44.2 Å². The van der Waals surface area contributed by atoms with Gasteiger partial charge in [0, 0.05) is 5.69 Å². The molecule has 0 unspecified atom stereocenters. The topological polar surface area (TPSA) is 26.0 Å². The van der Waals surface area contributed by atoms with Crippen LogP contribution < -0.4 is 5.73 Å². The minimum absolute atomic E-state index is 0.307. The number of rotatable bonds is 0. The van der Waals surface area contributed by atoms with Gasteiger partial charge < -0.3 is 5.73 Å². The van der Waals surface area contributed by atoms with Gasteiger partial charge in [-0.2, -0.15) is 0 Å². The second-order valence-electron chi connectivity index (χ2n) is 4.96. The first-order chi connectivity index (χ1) is 6.61. The minimum atomic E-state index is 0.307. The van der Waals surface area contributed by atoms with Crippen molar-refractivity contribution in [2.24, 2.45) is 0 Å². The molecule has 1 aliphatic rings. The molecule has 0 aromatic heterocycles. The van der Waals surface area contributed by atoms with Gasteiger partial charge >= 0.3 is 0 Å². The van der Waals surface area contributed by atoms with E-state index >= 15 is 0 Å². The lowest BCUT2D eigenvalue weighted by Gasteiger charge is -2.25. The van der Waals surface area contributed by atoms with Gasteiger partial charge in [0.2, 0.25) is 0 Å². The maximum Gasteiger partial charge on any atom is 0.0349 e. The van der Waals surface area contributed by atoms with Crippen molar-refractivity contribution < 1.29 is 0 Å². The number of fused-ring (bicyclic) bond motifs is 1. The molecule has 76 valence electrons. The van der Waals surface area contributed by atoms with E-state index in [2.05, 4.69) is 26.0 Å². The predicted molar refractivity (Wildman–Crippen MR) is 61.4 cm³/mol. The zero-order chi connectivity index (χ0) is 10.2. The molecule has 0 bridgehead atoms. The zero-order valence-corrected chi connectivity index (χ0v) is 9.14. The molecule has 2 rings (SSSR count). The van der Waals surface area contributed by atoms with E-state index in [0.29, 0.717) is 5.41 Å². The Bertz CT molecular complexity index is 339. The van der Waals surface area contributed by atoms with Gasteiger partial charge in [-0.15, -0.1) is 0 Å². The summed E-state index contributed by atoms with van der Waals surface area (Å²) >= 11 is 0. The van der Waals surface area contributed by atoms with Gasteiger partial charge in [0.25, 0.3) is 0 Å². The third-order valence-corrected chi connectivity index (χ3v) is 3.42. The quantitative estimate of drug-likeness (QED) is 0.492. The molecule has 0 saturated heterocycles. The van der Waals surface area contributed by atoms with Crippen LogP contribution >= 0.6 is 0 Å². The Morgan fingerprint density at radius 3 is 2.79 bits per heavy atom. The highest BCUT2D eigenvalue weighted by Gasteiger charge is 2.26.